The SMILES string of the molecule is CCCCN1C(=O)C(C)Oc2ccc(NC(=O)/C=C/c3ccccc3)cc21. The molecule has 0 saturated carbocycles. The maximum Gasteiger partial charge on any atom is 0.267 e. The Morgan fingerprint density at radius 2 is 2.00 bits per heavy atom. The van der Waals surface area contributed by atoms with Crippen molar-refractivity contribution in [2.75, 3.05) is 16.8 Å². The number of rotatable bonds is 6. The average molecular weight is 364 g/mol. The van der Waals surface area contributed by atoms with Crippen molar-refractivity contribution in [3.05, 3.63) is 60.2 Å². The van der Waals surface area contributed by atoms with Gasteiger partial charge >= 0.3 is 0 Å². The largest absolute Gasteiger partial charge is 0.479 e. The second-order valence-corrected chi connectivity index (χ2v) is 6.52. The first kappa shape index (κ1) is 18.7. The molecule has 5 heteroatoms. The number of nitrogens with zero attached hydrogens (tertiary/aromatic N) is 1. The summed E-state index contributed by atoms with van der Waals surface area (Å²) < 4.78 is 5.70. The standard InChI is InChI=1S/C22H24N2O3/c1-3-4-14-24-19-15-18(11-12-20(19)27-16(2)22(24)26)23-21(25)13-10-17-8-6-5-7-9-17/h5-13,15-16H,3-4,14H2,1-2H3,(H,23,25)/b13-10+. The first-order chi connectivity index (χ1) is 13.1. The lowest BCUT2D eigenvalue weighted by atomic mass is 10.1. The highest BCUT2D eigenvalue weighted by Crippen LogP contribution is 2.36. The van der Waals surface area contributed by atoms with E-state index in [2.05, 4.69) is 12.2 Å². The molecular formula is C22H24N2O3. The van der Waals surface area contributed by atoms with Crippen molar-refractivity contribution < 1.29 is 14.3 Å². The van der Waals surface area contributed by atoms with Crippen LogP contribution in [-0.2, 0) is 9.59 Å². The minimum Gasteiger partial charge on any atom is -0.479 e. The molecule has 2 amide bonds. The van der Waals surface area contributed by atoms with Gasteiger partial charge in [0.05, 0.1) is 5.69 Å². The zero-order valence-corrected chi connectivity index (χ0v) is 15.6. The molecule has 27 heavy (non-hydrogen) atoms. The van der Waals surface area contributed by atoms with Gasteiger partial charge in [-0.25, -0.2) is 0 Å². The molecule has 1 aliphatic heterocycles. The van der Waals surface area contributed by atoms with Gasteiger partial charge in [-0.05, 0) is 43.2 Å². The maximum absolute atomic E-state index is 12.5. The fourth-order valence-electron chi connectivity index (χ4n) is 2.95. The summed E-state index contributed by atoms with van der Waals surface area (Å²) >= 11 is 0. The predicted octanol–water partition coefficient (Wildman–Crippen LogP) is 4.25. The third kappa shape index (κ3) is 4.56. The maximum atomic E-state index is 12.5. The van der Waals surface area contributed by atoms with Crippen LogP contribution in [0.4, 0.5) is 11.4 Å². The summed E-state index contributed by atoms with van der Waals surface area (Å²) in [4.78, 5) is 26.5. The quantitative estimate of drug-likeness (QED) is 0.780. The van der Waals surface area contributed by atoms with Gasteiger partial charge < -0.3 is 15.0 Å². The first-order valence-electron chi connectivity index (χ1n) is 9.24. The molecule has 1 unspecified atom stereocenters. The first-order valence-corrected chi connectivity index (χ1v) is 9.24. The number of hydrogen-bond acceptors (Lipinski definition) is 3. The van der Waals surface area contributed by atoms with Gasteiger partial charge in [0.25, 0.3) is 5.91 Å². The van der Waals surface area contributed by atoms with Crippen LogP contribution in [0.25, 0.3) is 6.08 Å². The van der Waals surface area contributed by atoms with Crippen molar-refractivity contribution in [3.8, 4) is 5.75 Å². The van der Waals surface area contributed by atoms with Crippen molar-refractivity contribution in [3.63, 3.8) is 0 Å². The zero-order valence-electron chi connectivity index (χ0n) is 15.6. The van der Waals surface area contributed by atoms with Crippen LogP contribution >= 0.6 is 0 Å². The number of benzene rings is 2. The van der Waals surface area contributed by atoms with E-state index in [4.69, 9.17) is 4.74 Å². The Morgan fingerprint density at radius 1 is 1.22 bits per heavy atom. The fraction of sp³-hybridized carbons (Fsp3) is 0.273. The number of nitrogens with one attached hydrogen (secondary N) is 1. The second kappa shape index (κ2) is 8.54. The Labute approximate surface area is 159 Å². The Morgan fingerprint density at radius 3 is 2.74 bits per heavy atom. The number of amides is 2. The number of carbonyl (C=O) groups excluding carboxylic acids is 2. The third-order valence-corrected chi connectivity index (χ3v) is 4.40. The molecule has 0 fully saturated rings. The highest BCUT2D eigenvalue weighted by atomic mass is 16.5. The van der Waals surface area contributed by atoms with Crippen molar-refractivity contribution in [2.45, 2.75) is 32.8 Å². The molecule has 0 bridgehead atoms. The molecule has 1 N–H and O–H groups in total. The minimum atomic E-state index is -0.497. The lowest BCUT2D eigenvalue weighted by Crippen LogP contribution is -2.44. The number of fused-ring (bicyclic) bond motifs is 1. The molecule has 140 valence electrons. The van der Waals surface area contributed by atoms with Gasteiger partial charge in [0.1, 0.15) is 5.75 Å². The zero-order chi connectivity index (χ0) is 19.2. The molecule has 0 aliphatic carbocycles. The number of unbranched alkanes of at least 4 members (excludes halogenated alkanes) is 1. The number of ether oxygens (including phenoxy) is 1. The summed E-state index contributed by atoms with van der Waals surface area (Å²) in [5, 5.41) is 2.85. The van der Waals surface area contributed by atoms with Gasteiger partial charge in [-0.2, -0.15) is 0 Å². The molecule has 1 atom stereocenters. The van der Waals surface area contributed by atoms with Crippen LogP contribution in [0.1, 0.15) is 32.3 Å². The van der Waals surface area contributed by atoms with Gasteiger partial charge in [-0.1, -0.05) is 43.7 Å². The smallest absolute Gasteiger partial charge is 0.267 e. The number of hydrogen-bond donors (Lipinski definition) is 1. The molecule has 2 aromatic rings. The van der Waals surface area contributed by atoms with Gasteiger partial charge in [-0.3, -0.25) is 9.59 Å². The summed E-state index contributed by atoms with van der Waals surface area (Å²) in [5.41, 5.74) is 2.29. The lowest BCUT2D eigenvalue weighted by Gasteiger charge is -2.33. The Hall–Kier alpha value is -3.08. The van der Waals surface area contributed by atoms with Crippen LogP contribution < -0.4 is 15.0 Å². The minimum absolute atomic E-state index is 0.0524. The monoisotopic (exact) mass is 364 g/mol. The lowest BCUT2D eigenvalue weighted by molar-refractivity contribution is -0.125. The van der Waals surface area contributed by atoms with Gasteiger partial charge in [-0.15, -0.1) is 0 Å². The number of anilines is 2. The van der Waals surface area contributed by atoms with E-state index in [9.17, 15) is 9.59 Å². The highest BCUT2D eigenvalue weighted by Gasteiger charge is 2.31. The van der Waals surface area contributed by atoms with Gasteiger partial charge in [0.15, 0.2) is 6.10 Å². The summed E-state index contributed by atoms with van der Waals surface area (Å²) in [6.45, 7) is 4.49. The van der Waals surface area contributed by atoms with Crippen molar-refractivity contribution in [2.24, 2.45) is 0 Å². The molecular weight excluding hydrogens is 340 g/mol. The molecule has 1 heterocycles. The third-order valence-electron chi connectivity index (χ3n) is 4.40. The second-order valence-electron chi connectivity index (χ2n) is 6.52. The van der Waals surface area contributed by atoms with E-state index < -0.39 is 6.10 Å². The van der Waals surface area contributed by atoms with E-state index in [1.54, 1.807) is 36.1 Å². The van der Waals surface area contributed by atoms with E-state index in [0.717, 1.165) is 18.4 Å². The summed E-state index contributed by atoms with van der Waals surface area (Å²) in [6, 6.07) is 15.0. The Kier molecular flexibility index (Phi) is 5.91. The molecule has 0 aromatic heterocycles. The van der Waals surface area contributed by atoms with E-state index in [-0.39, 0.29) is 11.8 Å². The molecule has 5 nitrogen and oxygen atoms in total. The van der Waals surface area contributed by atoms with Crippen molar-refractivity contribution >= 4 is 29.3 Å². The topological polar surface area (TPSA) is 58.6 Å². The molecule has 3 rings (SSSR count). The van der Waals surface area contributed by atoms with Crippen molar-refractivity contribution in [1.29, 1.82) is 0 Å². The van der Waals surface area contributed by atoms with Crippen LogP contribution in [0.2, 0.25) is 0 Å². The van der Waals surface area contributed by atoms with Crippen LogP contribution in [0.3, 0.4) is 0 Å². The summed E-state index contributed by atoms with van der Waals surface area (Å²) in [6.07, 6.45) is 4.66. The molecule has 0 radical (unpaired) electrons. The highest BCUT2D eigenvalue weighted by molar-refractivity contribution is 6.04. The summed E-state index contributed by atoms with van der Waals surface area (Å²) in [5.74, 6) is 0.384. The van der Waals surface area contributed by atoms with E-state index in [1.165, 1.54) is 6.08 Å². The molecule has 2 aromatic carbocycles. The normalized spacial score (nSPS) is 16.1. The van der Waals surface area contributed by atoms with E-state index in [1.807, 2.05) is 30.3 Å². The Bertz CT molecular complexity index is 846. The predicted molar refractivity (Wildman–Crippen MR) is 108 cm³/mol. The number of carbonyl (C=O) groups is 2. The van der Waals surface area contributed by atoms with Crippen LogP contribution in [0, 0.1) is 0 Å². The summed E-state index contributed by atoms with van der Waals surface area (Å²) in [7, 11) is 0. The van der Waals surface area contributed by atoms with Gasteiger partial charge in [0.2, 0.25) is 5.91 Å². The van der Waals surface area contributed by atoms with Crippen LogP contribution in [-0.4, -0.2) is 24.5 Å². The van der Waals surface area contributed by atoms with E-state index in [0.29, 0.717) is 23.7 Å². The Balaban J connectivity index is 1.76. The van der Waals surface area contributed by atoms with Gasteiger partial charge in [0, 0.05) is 18.3 Å². The molecule has 0 spiro atoms. The average Bonchev–Trinajstić information content (AvgIpc) is 2.68. The van der Waals surface area contributed by atoms with E-state index >= 15 is 0 Å². The van der Waals surface area contributed by atoms with Crippen molar-refractivity contribution in [1.82, 2.24) is 0 Å². The molecule has 0 saturated heterocycles. The fourth-order valence-corrected chi connectivity index (χ4v) is 2.95. The van der Waals surface area contributed by atoms with Crippen LogP contribution in [0.5, 0.6) is 5.75 Å². The van der Waals surface area contributed by atoms with Crippen LogP contribution in [0.15, 0.2) is 54.6 Å². The molecule has 1 aliphatic rings.